The first-order chi connectivity index (χ1) is 15.1. The van der Waals surface area contributed by atoms with Gasteiger partial charge in [-0.2, -0.15) is 5.10 Å². The molecule has 2 heterocycles. The second-order valence-corrected chi connectivity index (χ2v) is 8.27. The number of nitrogens with zero attached hydrogens (tertiary/aromatic N) is 2. The molecule has 156 valence electrons. The molecule has 0 amide bonds. The standard InChI is InChI=1S/C26H23ClN2O2/c1-3-14-30-21-11-8-18(9-12-21)23-16-24-22-15-20(27)10-13-25(22)31-26(29(24)28-23)19-6-4-17(2)5-7-19/h3-13,15,24,26H,1,14,16H2,2H3. The molecule has 5 heteroatoms. The van der Waals surface area contributed by atoms with Crippen molar-refractivity contribution in [2.24, 2.45) is 5.10 Å². The highest BCUT2D eigenvalue weighted by Gasteiger charge is 2.41. The fraction of sp³-hybridized carbons (Fsp3) is 0.192. The number of hydrogen-bond acceptors (Lipinski definition) is 4. The molecule has 0 aromatic heterocycles. The van der Waals surface area contributed by atoms with Gasteiger partial charge < -0.3 is 9.47 Å². The number of hydrazone groups is 1. The monoisotopic (exact) mass is 430 g/mol. The average molecular weight is 431 g/mol. The van der Waals surface area contributed by atoms with E-state index in [1.54, 1.807) is 6.08 Å². The lowest BCUT2D eigenvalue weighted by Crippen LogP contribution is -2.33. The average Bonchev–Trinajstić information content (AvgIpc) is 3.24. The third kappa shape index (κ3) is 3.79. The highest BCUT2D eigenvalue weighted by Crippen LogP contribution is 2.48. The summed E-state index contributed by atoms with van der Waals surface area (Å²) < 4.78 is 12.0. The van der Waals surface area contributed by atoms with Crippen LogP contribution in [0, 0.1) is 6.92 Å². The molecular weight excluding hydrogens is 408 g/mol. The molecule has 3 aromatic carbocycles. The summed E-state index contributed by atoms with van der Waals surface area (Å²) in [5.74, 6) is 1.68. The van der Waals surface area contributed by atoms with Crippen molar-refractivity contribution < 1.29 is 9.47 Å². The van der Waals surface area contributed by atoms with Crippen LogP contribution in [0.25, 0.3) is 0 Å². The number of ether oxygens (including phenoxy) is 2. The Balaban J connectivity index is 1.51. The van der Waals surface area contributed by atoms with E-state index in [0.29, 0.717) is 11.6 Å². The Kier molecular flexibility index (Phi) is 5.16. The van der Waals surface area contributed by atoms with Crippen LogP contribution in [0.5, 0.6) is 11.5 Å². The van der Waals surface area contributed by atoms with Gasteiger partial charge in [0.15, 0.2) is 0 Å². The van der Waals surface area contributed by atoms with Gasteiger partial charge in [-0.3, -0.25) is 0 Å². The summed E-state index contributed by atoms with van der Waals surface area (Å²) in [6.45, 7) is 6.26. The summed E-state index contributed by atoms with van der Waals surface area (Å²) in [6, 6.07) is 22.4. The molecule has 2 unspecified atom stereocenters. The largest absolute Gasteiger partial charge is 0.490 e. The van der Waals surface area contributed by atoms with Gasteiger partial charge in [-0.1, -0.05) is 54.1 Å². The minimum atomic E-state index is -0.285. The molecule has 0 aliphatic carbocycles. The summed E-state index contributed by atoms with van der Waals surface area (Å²) in [7, 11) is 0. The fourth-order valence-electron chi connectivity index (χ4n) is 4.08. The van der Waals surface area contributed by atoms with E-state index >= 15 is 0 Å². The van der Waals surface area contributed by atoms with Crippen LogP contribution in [-0.4, -0.2) is 17.3 Å². The van der Waals surface area contributed by atoms with Crippen molar-refractivity contribution in [3.63, 3.8) is 0 Å². The number of halogens is 1. The van der Waals surface area contributed by atoms with E-state index < -0.39 is 0 Å². The second kappa shape index (κ2) is 8.12. The Morgan fingerprint density at radius 3 is 2.65 bits per heavy atom. The van der Waals surface area contributed by atoms with Gasteiger partial charge in [-0.05, 0) is 55.0 Å². The lowest BCUT2D eigenvalue weighted by molar-refractivity contribution is -0.0190. The van der Waals surface area contributed by atoms with Crippen LogP contribution >= 0.6 is 11.6 Å². The van der Waals surface area contributed by atoms with Crippen molar-refractivity contribution in [2.45, 2.75) is 25.6 Å². The number of hydrogen-bond donors (Lipinski definition) is 0. The molecule has 3 aromatic rings. The predicted octanol–water partition coefficient (Wildman–Crippen LogP) is 6.46. The van der Waals surface area contributed by atoms with Crippen LogP contribution < -0.4 is 9.47 Å². The van der Waals surface area contributed by atoms with Gasteiger partial charge in [-0.15, -0.1) is 0 Å². The van der Waals surface area contributed by atoms with Gasteiger partial charge in [0.1, 0.15) is 18.1 Å². The van der Waals surface area contributed by atoms with Crippen molar-refractivity contribution in [3.8, 4) is 11.5 Å². The SMILES string of the molecule is C=CCOc1ccc(C2=NN3C(C2)c2cc(Cl)ccc2OC3c2ccc(C)cc2)cc1. The van der Waals surface area contributed by atoms with E-state index in [1.165, 1.54) is 5.56 Å². The summed E-state index contributed by atoms with van der Waals surface area (Å²) in [5, 5.41) is 7.78. The zero-order valence-corrected chi connectivity index (χ0v) is 18.0. The highest BCUT2D eigenvalue weighted by atomic mass is 35.5. The lowest BCUT2D eigenvalue weighted by Gasteiger charge is -2.38. The van der Waals surface area contributed by atoms with Crippen molar-refractivity contribution >= 4 is 17.3 Å². The third-order valence-electron chi connectivity index (χ3n) is 5.67. The predicted molar refractivity (Wildman–Crippen MR) is 124 cm³/mol. The van der Waals surface area contributed by atoms with Crippen LogP contribution in [0.3, 0.4) is 0 Å². The van der Waals surface area contributed by atoms with Crippen LogP contribution in [0.4, 0.5) is 0 Å². The van der Waals surface area contributed by atoms with Gasteiger partial charge in [0, 0.05) is 22.6 Å². The molecule has 0 bridgehead atoms. The summed E-state index contributed by atoms with van der Waals surface area (Å²) in [4.78, 5) is 0. The molecule has 5 rings (SSSR count). The first kappa shape index (κ1) is 19.7. The maximum absolute atomic E-state index is 6.41. The maximum atomic E-state index is 6.41. The number of benzene rings is 3. The molecular formula is C26H23ClN2O2. The van der Waals surface area contributed by atoms with Gasteiger partial charge >= 0.3 is 0 Å². The molecule has 2 aliphatic heterocycles. The van der Waals surface area contributed by atoms with E-state index in [0.717, 1.165) is 40.3 Å². The quantitative estimate of drug-likeness (QED) is 0.436. The van der Waals surface area contributed by atoms with Gasteiger partial charge in [-0.25, -0.2) is 5.01 Å². The van der Waals surface area contributed by atoms with Gasteiger partial charge in [0.2, 0.25) is 6.23 Å². The van der Waals surface area contributed by atoms with Crippen LogP contribution in [-0.2, 0) is 0 Å². The molecule has 0 N–H and O–H groups in total. The van der Waals surface area contributed by atoms with Crippen LogP contribution in [0.2, 0.25) is 5.02 Å². The first-order valence-corrected chi connectivity index (χ1v) is 10.7. The van der Waals surface area contributed by atoms with E-state index in [2.05, 4.69) is 54.9 Å². The number of aryl methyl sites for hydroxylation is 1. The molecule has 0 fully saturated rings. The fourth-order valence-corrected chi connectivity index (χ4v) is 4.26. The maximum Gasteiger partial charge on any atom is 0.213 e. The zero-order chi connectivity index (χ0) is 21.4. The van der Waals surface area contributed by atoms with Crippen molar-refractivity contribution in [1.29, 1.82) is 0 Å². The normalized spacial score (nSPS) is 19.2. The van der Waals surface area contributed by atoms with Crippen molar-refractivity contribution in [1.82, 2.24) is 5.01 Å². The number of rotatable bonds is 5. The van der Waals surface area contributed by atoms with Gasteiger partial charge in [0.05, 0.1) is 11.8 Å². The van der Waals surface area contributed by atoms with Gasteiger partial charge in [0.25, 0.3) is 0 Å². The van der Waals surface area contributed by atoms with E-state index in [4.69, 9.17) is 26.2 Å². The Labute approximate surface area is 187 Å². The molecule has 0 saturated heterocycles. The Morgan fingerprint density at radius 1 is 1.13 bits per heavy atom. The van der Waals surface area contributed by atoms with Crippen LogP contribution in [0.15, 0.2) is 84.5 Å². The van der Waals surface area contributed by atoms with Crippen LogP contribution in [0.1, 0.15) is 40.9 Å². The lowest BCUT2D eigenvalue weighted by atomic mass is 9.96. The Hall–Kier alpha value is -3.24. The van der Waals surface area contributed by atoms with E-state index in [9.17, 15) is 0 Å². The molecule has 2 aliphatic rings. The Morgan fingerprint density at radius 2 is 1.90 bits per heavy atom. The molecule has 0 radical (unpaired) electrons. The molecule has 0 saturated carbocycles. The zero-order valence-electron chi connectivity index (χ0n) is 17.3. The topological polar surface area (TPSA) is 34.1 Å². The smallest absolute Gasteiger partial charge is 0.213 e. The van der Waals surface area contributed by atoms with E-state index in [1.807, 2.05) is 30.3 Å². The Bertz CT molecular complexity index is 1140. The third-order valence-corrected chi connectivity index (χ3v) is 5.90. The molecule has 0 spiro atoms. The minimum absolute atomic E-state index is 0.0699. The first-order valence-electron chi connectivity index (χ1n) is 10.3. The highest BCUT2D eigenvalue weighted by molar-refractivity contribution is 6.30. The van der Waals surface area contributed by atoms with Crippen molar-refractivity contribution in [3.05, 3.63) is 107 Å². The minimum Gasteiger partial charge on any atom is -0.490 e. The number of fused-ring (bicyclic) bond motifs is 3. The summed E-state index contributed by atoms with van der Waals surface area (Å²) in [5.41, 5.74) is 5.46. The molecule has 4 nitrogen and oxygen atoms in total. The summed E-state index contributed by atoms with van der Waals surface area (Å²) >= 11 is 6.32. The second-order valence-electron chi connectivity index (χ2n) is 7.83. The molecule has 2 atom stereocenters. The van der Waals surface area contributed by atoms with E-state index in [-0.39, 0.29) is 12.3 Å². The summed E-state index contributed by atoms with van der Waals surface area (Å²) in [6.07, 6.45) is 2.24. The van der Waals surface area contributed by atoms with Crippen molar-refractivity contribution in [2.75, 3.05) is 6.61 Å². The molecule has 31 heavy (non-hydrogen) atoms.